The van der Waals surface area contributed by atoms with E-state index in [-0.39, 0.29) is 12.5 Å². The largest absolute Gasteiger partial charge is 0.493 e. The molecule has 0 bridgehead atoms. The van der Waals surface area contributed by atoms with E-state index in [1.165, 1.54) is 11.0 Å². The van der Waals surface area contributed by atoms with Gasteiger partial charge in [-0.1, -0.05) is 23.7 Å². The number of halogens is 1. The number of carbonyl (C=O) groups excluding carboxylic acids is 1. The number of methoxy groups -OCH3 is 1. The van der Waals surface area contributed by atoms with Crippen molar-refractivity contribution in [1.29, 1.82) is 0 Å². The summed E-state index contributed by atoms with van der Waals surface area (Å²) in [4.78, 5) is 12.7. The Balaban J connectivity index is 1.78. The van der Waals surface area contributed by atoms with Crippen molar-refractivity contribution >= 4 is 17.5 Å². The lowest BCUT2D eigenvalue weighted by molar-refractivity contribution is 0.0950. The molecular weight excluding hydrogens is 370 g/mol. The van der Waals surface area contributed by atoms with Gasteiger partial charge in [0, 0.05) is 6.54 Å². The van der Waals surface area contributed by atoms with E-state index in [4.69, 9.17) is 21.1 Å². The van der Waals surface area contributed by atoms with Gasteiger partial charge in [-0.05, 0) is 47.2 Å². The fourth-order valence-corrected chi connectivity index (χ4v) is 2.86. The minimum atomic E-state index is -0.259. The van der Waals surface area contributed by atoms with Gasteiger partial charge >= 0.3 is 0 Å². The molecule has 0 aliphatic carbocycles. The first-order valence-electron chi connectivity index (χ1n) is 8.23. The second-order valence-electron chi connectivity index (χ2n) is 5.50. The van der Waals surface area contributed by atoms with Gasteiger partial charge in [-0.3, -0.25) is 4.79 Å². The summed E-state index contributed by atoms with van der Waals surface area (Å²) in [7, 11) is 1.54. The lowest BCUT2D eigenvalue weighted by Crippen LogP contribution is -2.24. The average molecular weight is 388 g/mol. The van der Waals surface area contributed by atoms with E-state index in [9.17, 15) is 4.79 Å². The second kappa shape index (κ2) is 8.50. The molecule has 0 unspecified atom stereocenters. The van der Waals surface area contributed by atoms with E-state index in [1.807, 2.05) is 13.0 Å². The summed E-state index contributed by atoms with van der Waals surface area (Å²) in [5.41, 5.74) is 1.82. The summed E-state index contributed by atoms with van der Waals surface area (Å²) in [6, 6.07) is 10.6. The zero-order chi connectivity index (χ0) is 19.2. The maximum absolute atomic E-state index is 12.7. The zero-order valence-corrected chi connectivity index (χ0v) is 15.6. The summed E-state index contributed by atoms with van der Waals surface area (Å²) in [5, 5.41) is 14.3. The summed E-state index contributed by atoms with van der Waals surface area (Å²) in [6.07, 6.45) is 1.43. The maximum atomic E-state index is 12.7. The number of amides is 1. The molecule has 27 heavy (non-hydrogen) atoms. The lowest BCUT2D eigenvalue weighted by atomic mass is 10.1. The van der Waals surface area contributed by atoms with Gasteiger partial charge in [0.1, 0.15) is 6.33 Å². The van der Waals surface area contributed by atoms with Crippen LogP contribution in [0, 0.1) is 0 Å². The number of ether oxygens (including phenoxy) is 2. The highest BCUT2D eigenvalue weighted by atomic mass is 35.5. The Kier molecular flexibility index (Phi) is 5.87. The number of nitrogens with one attached hydrogen (secondary N) is 1. The number of rotatable bonds is 7. The molecule has 1 amide bonds. The molecular formula is C18H18ClN5O3. The molecule has 0 aliphatic heterocycles. The van der Waals surface area contributed by atoms with Crippen LogP contribution in [0.1, 0.15) is 22.8 Å². The highest BCUT2D eigenvalue weighted by Gasteiger charge is 2.15. The summed E-state index contributed by atoms with van der Waals surface area (Å²) in [5.74, 6) is 0.744. The van der Waals surface area contributed by atoms with Crippen LogP contribution >= 0.6 is 11.6 Å². The van der Waals surface area contributed by atoms with E-state index < -0.39 is 0 Å². The molecule has 0 radical (unpaired) electrons. The molecule has 1 aromatic heterocycles. The van der Waals surface area contributed by atoms with Crippen molar-refractivity contribution in [3.8, 4) is 17.2 Å². The predicted molar refractivity (Wildman–Crippen MR) is 99.5 cm³/mol. The van der Waals surface area contributed by atoms with Crippen LogP contribution in [0.25, 0.3) is 5.69 Å². The molecule has 1 N–H and O–H groups in total. The van der Waals surface area contributed by atoms with Crippen LogP contribution in [0.15, 0.2) is 42.7 Å². The third-order valence-electron chi connectivity index (χ3n) is 3.78. The molecule has 2 aromatic carbocycles. The first kappa shape index (κ1) is 18.7. The fraction of sp³-hybridized carbons (Fsp3) is 0.222. The van der Waals surface area contributed by atoms with E-state index in [0.717, 1.165) is 5.56 Å². The highest BCUT2D eigenvalue weighted by molar-refractivity contribution is 6.32. The van der Waals surface area contributed by atoms with Crippen molar-refractivity contribution in [2.75, 3.05) is 13.7 Å². The van der Waals surface area contributed by atoms with Gasteiger partial charge in [0.15, 0.2) is 11.5 Å². The number of hydrogen-bond acceptors (Lipinski definition) is 6. The molecule has 0 aliphatic rings. The van der Waals surface area contributed by atoms with E-state index in [0.29, 0.717) is 34.4 Å². The highest BCUT2D eigenvalue weighted by Crippen LogP contribution is 2.36. The van der Waals surface area contributed by atoms with Crippen molar-refractivity contribution in [2.24, 2.45) is 0 Å². The molecule has 0 fully saturated rings. The molecule has 0 atom stereocenters. The number of nitrogens with zero attached hydrogens (tertiary/aromatic N) is 4. The van der Waals surface area contributed by atoms with E-state index in [2.05, 4.69) is 20.8 Å². The number of hydrogen-bond donors (Lipinski definition) is 1. The third kappa shape index (κ3) is 4.17. The Bertz CT molecular complexity index is 931. The molecule has 3 aromatic rings. The smallest absolute Gasteiger partial charge is 0.253 e. The second-order valence-corrected chi connectivity index (χ2v) is 5.90. The van der Waals surface area contributed by atoms with Gasteiger partial charge in [-0.25, -0.2) is 0 Å². The number of benzene rings is 2. The third-order valence-corrected chi connectivity index (χ3v) is 4.06. The number of para-hydroxylation sites is 1. The summed E-state index contributed by atoms with van der Waals surface area (Å²) < 4.78 is 12.3. The van der Waals surface area contributed by atoms with Crippen LogP contribution in [0.4, 0.5) is 0 Å². The van der Waals surface area contributed by atoms with Crippen molar-refractivity contribution in [1.82, 2.24) is 25.5 Å². The van der Waals surface area contributed by atoms with E-state index >= 15 is 0 Å². The normalized spacial score (nSPS) is 10.5. The Morgan fingerprint density at radius 1 is 1.30 bits per heavy atom. The monoisotopic (exact) mass is 387 g/mol. The Labute approximate surface area is 161 Å². The van der Waals surface area contributed by atoms with Gasteiger partial charge in [0.25, 0.3) is 5.91 Å². The Hall–Kier alpha value is -3.13. The van der Waals surface area contributed by atoms with Gasteiger partial charge in [-0.15, -0.1) is 5.10 Å². The fourth-order valence-electron chi connectivity index (χ4n) is 2.57. The van der Waals surface area contributed by atoms with Crippen LogP contribution in [0.3, 0.4) is 0 Å². The van der Waals surface area contributed by atoms with Crippen LogP contribution < -0.4 is 14.8 Å². The minimum absolute atomic E-state index is 0.259. The van der Waals surface area contributed by atoms with Crippen LogP contribution in [-0.2, 0) is 6.54 Å². The van der Waals surface area contributed by atoms with Gasteiger partial charge in [0.05, 0.1) is 30.0 Å². The van der Waals surface area contributed by atoms with Crippen molar-refractivity contribution in [2.45, 2.75) is 13.5 Å². The van der Waals surface area contributed by atoms with Crippen LogP contribution in [0.2, 0.25) is 5.02 Å². The molecule has 140 valence electrons. The number of aromatic nitrogens is 4. The standard InChI is InChI=1S/C18H18ClN5O3/c1-3-27-17-14(19)8-12(9-16(17)26-2)10-20-18(25)13-6-4-5-7-15(13)24-11-21-22-23-24/h4-9,11H,3,10H2,1-2H3,(H,20,25). The topological polar surface area (TPSA) is 91.2 Å². The average Bonchev–Trinajstić information content (AvgIpc) is 3.22. The van der Waals surface area contributed by atoms with Crippen molar-refractivity contribution < 1.29 is 14.3 Å². The molecule has 9 heteroatoms. The van der Waals surface area contributed by atoms with E-state index in [1.54, 1.807) is 37.4 Å². The molecule has 3 rings (SSSR count). The SMILES string of the molecule is CCOc1c(Cl)cc(CNC(=O)c2ccccc2-n2cnnn2)cc1OC. The molecule has 8 nitrogen and oxygen atoms in total. The molecule has 0 saturated heterocycles. The van der Waals surface area contributed by atoms with Crippen LogP contribution in [-0.4, -0.2) is 39.8 Å². The minimum Gasteiger partial charge on any atom is -0.493 e. The Morgan fingerprint density at radius 2 is 2.11 bits per heavy atom. The Morgan fingerprint density at radius 3 is 2.81 bits per heavy atom. The van der Waals surface area contributed by atoms with Crippen molar-refractivity contribution in [3.05, 3.63) is 58.9 Å². The van der Waals surface area contributed by atoms with Gasteiger partial charge < -0.3 is 14.8 Å². The zero-order valence-electron chi connectivity index (χ0n) is 14.8. The van der Waals surface area contributed by atoms with Gasteiger partial charge in [-0.2, -0.15) is 4.68 Å². The van der Waals surface area contributed by atoms with Crippen molar-refractivity contribution in [3.63, 3.8) is 0 Å². The summed E-state index contributed by atoms with van der Waals surface area (Å²) in [6.45, 7) is 2.61. The van der Waals surface area contributed by atoms with Gasteiger partial charge in [0.2, 0.25) is 0 Å². The lowest BCUT2D eigenvalue weighted by Gasteiger charge is -2.14. The molecule has 0 spiro atoms. The summed E-state index contributed by atoms with van der Waals surface area (Å²) >= 11 is 6.27. The predicted octanol–water partition coefficient (Wildman–Crippen LogP) is 2.65. The maximum Gasteiger partial charge on any atom is 0.253 e. The quantitative estimate of drug-likeness (QED) is 0.670. The first-order valence-corrected chi connectivity index (χ1v) is 8.61. The number of carbonyl (C=O) groups is 1. The molecule has 1 heterocycles. The van der Waals surface area contributed by atoms with Crippen LogP contribution in [0.5, 0.6) is 11.5 Å². The first-order chi connectivity index (χ1) is 13.1. The number of tetrazole rings is 1. The molecule has 0 saturated carbocycles.